The smallest absolute Gasteiger partial charge is 0.343 e. The zero-order chi connectivity index (χ0) is 24.2. The molecule has 3 aromatic carbocycles. The van der Waals surface area contributed by atoms with Gasteiger partial charge >= 0.3 is 5.97 Å². The number of benzene rings is 3. The molecule has 7 nitrogen and oxygen atoms in total. The molecule has 0 radical (unpaired) electrons. The quantitative estimate of drug-likeness (QED) is 0.234. The van der Waals surface area contributed by atoms with Gasteiger partial charge in [0.2, 0.25) is 0 Å². The first kappa shape index (κ1) is 22.9. The topological polar surface area (TPSA) is 82.8 Å². The fourth-order valence-corrected chi connectivity index (χ4v) is 3.53. The van der Waals surface area contributed by atoms with Gasteiger partial charge in [0.25, 0.3) is 5.56 Å². The Morgan fingerprint density at radius 2 is 1.82 bits per heavy atom. The molecule has 0 saturated carbocycles. The molecule has 1 heterocycles. The minimum atomic E-state index is -0.473. The van der Waals surface area contributed by atoms with E-state index in [2.05, 4.69) is 10.1 Å². The molecule has 0 bridgehead atoms. The summed E-state index contributed by atoms with van der Waals surface area (Å²) in [4.78, 5) is 30.2. The first-order chi connectivity index (χ1) is 16.4. The van der Waals surface area contributed by atoms with Crippen molar-refractivity contribution in [3.05, 3.63) is 99.6 Å². The maximum Gasteiger partial charge on any atom is 0.343 e. The van der Waals surface area contributed by atoms with Crippen LogP contribution >= 0.6 is 0 Å². The highest BCUT2D eigenvalue weighted by atomic mass is 16.6. The predicted octanol–water partition coefficient (Wildman–Crippen LogP) is 4.94. The Labute approximate surface area is 197 Å². The van der Waals surface area contributed by atoms with E-state index in [1.165, 1.54) is 11.8 Å². The maximum absolute atomic E-state index is 13.1. The summed E-state index contributed by atoms with van der Waals surface area (Å²) in [6, 6.07) is 19.4. The van der Waals surface area contributed by atoms with Crippen LogP contribution in [-0.2, 0) is 0 Å². The van der Waals surface area contributed by atoms with Gasteiger partial charge in [0.15, 0.2) is 11.5 Å². The highest BCUT2D eigenvalue weighted by Gasteiger charge is 2.15. The molecule has 0 unspecified atom stereocenters. The normalized spacial score (nSPS) is 11.3. The molecule has 0 fully saturated rings. The molecule has 0 saturated heterocycles. The van der Waals surface area contributed by atoms with E-state index >= 15 is 0 Å². The number of para-hydroxylation sites is 1. The van der Waals surface area contributed by atoms with Gasteiger partial charge in [0.1, 0.15) is 5.82 Å². The zero-order valence-corrected chi connectivity index (χ0v) is 19.5. The summed E-state index contributed by atoms with van der Waals surface area (Å²) in [5.41, 5.74) is 2.50. The predicted molar refractivity (Wildman–Crippen MR) is 132 cm³/mol. The summed E-state index contributed by atoms with van der Waals surface area (Å²) in [6.07, 6.45) is 1.55. The van der Waals surface area contributed by atoms with E-state index in [-0.39, 0.29) is 11.5 Å². The molecular weight excluding hydrogens is 430 g/mol. The van der Waals surface area contributed by atoms with Gasteiger partial charge in [0, 0.05) is 5.92 Å². The Bertz CT molecular complexity index is 1450. The summed E-state index contributed by atoms with van der Waals surface area (Å²) in [6.45, 7) is 5.83. The molecule has 34 heavy (non-hydrogen) atoms. The number of aromatic nitrogens is 2. The Kier molecular flexibility index (Phi) is 6.54. The number of carbonyl (C=O) groups is 1. The zero-order valence-electron chi connectivity index (χ0n) is 19.5. The van der Waals surface area contributed by atoms with Gasteiger partial charge < -0.3 is 9.47 Å². The highest BCUT2D eigenvalue weighted by Crippen LogP contribution is 2.28. The van der Waals surface area contributed by atoms with Gasteiger partial charge in [-0.25, -0.2) is 9.78 Å². The van der Waals surface area contributed by atoms with Crippen molar-refractivity contribution in [2.45, 2.75) is 26.7 Å². The Morgan fingerprint density at radius 1 is 1.03 bits per heavy atom. The number of esters is 1. The molecule has 0 spiro atoms. The van der Waals surface area contributed by atoms with E-state index in [1.54, 1.807) is 54.7 Å². The number of ether oxygens (including phenoxy) is 2. The van der Waals surface area contributed by atoms with E-state index in [0.717, 1.165) is 5.56 Å². The minimum Gasteiger partial charge on any atom is -0.493 e. The van der Waals surface area contributed by atoms with Crippen LogP contribution in [0.25, 0.3) is 10.9 Å². The number of hydrogen-bond donors (Lipinski definition) is 0. The van der Waals surface area contributed by atoms with Gasteiger partial charge in [-0.15, -0.1) is 0 Å². The standard InChI is InChI=1S/C27H25N3O4/c1-17(2)25-29-22-11-6-5-10-21(22)26(31)30(25)28-16-19-12-13-23(24(15-19)33-4)34-27(32)20-9-7-8-18(3)14-20/h5-17H,1-4H3. The third-order valence-corrected chi connectivity index (χ3v) is 5.26. The third kappa shape index (κ3) is 4.73. The van der Waals surface area contributed by atoms with Crippen LogP contribution in [0.4, 0.5) is 0 Å². The minimum absolute atomic E-state index is 0.00703. The first-order valence-electron chi connectivity index (χ1n) is 10.9. The SMILES string of the molecule is COc1cc(C=Nn2c(C(C)C)nc3ccccc3c2=O)ccc1OC(=O)c1cccc(C)c1. The average molecular weight is 456 g/mol. The van der Waals surface area contributed by atoms with E-state index in [9.17, 15) is 9.59 Å². The van der Waals surface area contributed by atoms with Crippen LogP contribution < -0.4 is 15.0 Å². The second kappa shape index (κ2) is 9.70. The van der Waals surface area contributed by atoms with Crippen molar-refractivity contribution in [2.75, 3.05) is 7.11 Å². The number of nitrogens with zero attached hydrogens (tertiary/aromatic N) is 3. The molecule has 4 rings (SSSR count). The van der Waals surface area contributed by atoms with Crippen LogP contribution in [0.1, 0.15) is 47.1 Å². The molecule has 1 aromatic heterocycles. The molecule has 0 aliphatic heterocycles. The fraction of sp³-hybridized carbons (Fsp3) is 0.185. The number of fused-ring (bicyclic) bond motifs is 1. The number of hydrogen-bond acceptors (Lipinski definition) is 6. The fourth-order valence-electron chi connectivity index (χ4n) is 3.53. The molecule has 0 aliphatic carbocycles. The second-order valence-electron chi connectivity index (χ2n) is 8.17. The maximum atomic E-state index is 13.1. The van der Waals surface area contributed by atoms with Gasteiger partial charge in [-0.05, 0) is 55.0 Å². The third-order valence-electron chi connectivity index (χ3n) is 5.26. The van der Waals surface area contributed by atoms with Crippen LogP contribution in [0, 0.1) is 6.92 Å². The number of rotatable bonds is 6. The van der Waals surface area contributed by atoms with Gasteiger partial charge in [-0.1, -0.05) is 43.7 Å². The molecule has 0 amide bonds. The number of carbonyl (C=O) groups excluding carboxylic acids is 1. The van der Waals surface area contributed by atoms with Crippen LogP contribution in [-0.4, -0.2) is 29.0 Å². The van der Waals surface area contributed by atoms with Crippen molar-refractivity contribution >= 4 is 23.1 Å². The Balaban J connectivity index is 1.65. The lowest BCUT2D eigenvalue weighted by Crippen LogP contribution is -2.23. The Morgan fingerprint density at radius 3 is 2.56 bits per heavy atom. The lowest BCUT2D eigenvalue weighted by atomic mass is 10.1. The van der Waals surface area contributed by atoms with E-state index < -0.39 is 5.97 Å². The van der Waals surface area contributed by atoms with Gasteiger partial charge in [-0.2, -0.15) is 9.78 Å². The monoisotopic (exact) mass is 455 g/mol. The van der Waals surface area contributed by atoms with Crippen molar-refractivity contribution in [3.8, 4) is 11.5 Å². The van der Waals surface area contributed by atoms with Crippen molar-refractivity contribution < 1.29 is 14.3 Å². The molecule has 172 valence electrons. The van der Waals surface area contributed by atoms with Crippen molar-refractivity contribution in [3.63, 3.8) is 0 Å². The van der Waals surface area contributed by atoms with Crippen LogP contribution in [0.2, 0.25) is 0 Å². The number of aryl methyl sites for hydroxylation is 1. The lowest BCUT2D eigenvalue weighted by molar-refractivity contribution is 0.0729. The molecule has 0 N–H and O–H groups in total. The van der Waals surface area contributed by atoms with Crippen molar-refractivity contribution in [1.29, 1.82) is 0 Å². The summed E-state index contributed by atoms with van der Waals surface area (Å²) in [7, 11) is 1.49. The summed E-state index contributed by atoms with van der Waals surface area (Å²) in [5.74, 6) is 0.749. The van der Waals surface area contributed by atoms with Gasteiger partial charge in [0.05, 0.1) is 29.8 Å². The molecule has 7 heteroatoms. The summed E-state index contributed by atoms with van der Waals surface area (Å²) < 4.78 is 12.3. The largest absolute Gasteiger partial charge is 0.493 e. The highest BCUT2D eigenvalue weighted by molar-refractivity contribution is 5.92. The van der Waals surface area contributed by atoms with Crippen molar-refractivity contribution in [1.82, 2.24) is 9.66 Å². The molecule has 0 atom stereocenters. The van der Waals surface area contributed by atoms with Crippen LogP contribution in [0.5, 0.6) is 11.5 Å². The number of methoxy groups -OCH3 is 1. The van der Waals surface area contributed by atoms with Crippen LogP contribution in [0.3, 0.4) is 0 Å². The second-order valence-corrected chi connectivity index (χ2v) is 8.17. The average Bonchev–Trinajstić information content (AvgIpc) is 2.84. The van der Waals surface area contributed by atoms with E-state index in [0.29, 0.717) is 39.4 Å². The molecule has 4 aromatic rings. The Hall–Kier alpha value is -4.26. The first-order valence-corrected chi connectivity index (χ1v) is 10.9. The summed E-state index contributed by atoms with van der Waals surface area (Å²) in [5, 5.41) is 4.92. The van der Waals surface area contributed by atoms with Gasteiger partial charge in [-0.3, -0.25) is 4.79 Å². The van der Waals surface area contributed by atoms with Crippen LogP contribution in [0.15, 0.2) is 76.6 Å². The molecule has 0 aliphatic rings. The van der Waals surface area contributed by atoms with E-state index in [4.69, 9.17) is 9.47 Å². The van der Waals surface area contributed by atoms with E-state index in [1.807, 2.05) is 39.0 Å². The van der Waals surface area contributed by atoms with Crippen molar-refractivity contribution in [2.24, 2.45) is 5.10 Å². The summed E-state index contributed by atoms with van der Waals surface area (Å²) >= 11 is 0. The molecular formula is C27H25N3O4. The lowest BCUT2D eigenvalue weighted by Gasteiger charge is -2.12.